The Hall–Kier alpha value is -4.97. The van der Waals surface area contributed by atoms with Gasteiger partial charge in [0.15, 0.2) is 6.10 Å². The number of carbonyl (C=O) groups excluding carboxylic acids is 3. The number of esters is 3. The molecule has 0 saturated carbocycles. The summed E-state index contributed by atoms with van der Waals surface area (Å²) in [7, 11) is 0. The molecule has 0 radical (unpaired) electrons. The van der Waals surface area contributed by atoms with Crippen molar-refractivity contribution in [2.24, 2.45) is 0 Å². The minimum absolute atomic E-state index is 0.123. The monoisotopic (exact) mass is 1120 g/mol. The quantitative estimate of drug-likeness (QED) is 0.0261. The Labute approximate surface area is 499 Å². The molecule has 0 N–H and O–H groups in total. The maximum absolute atomic E-state index is 12.9. The van der Waals surface area contributed by atoms with Gasteiger partial charge in [0.2, 0.25) is 0 Å². The van der Waals surface area contributed by atoms with Crippen molar-refractivity contribution in [2.45, 2.75) is 284 Å². The van der Waals surface area contributed by atoms with E-state index >= 15 is 0 Å². The van der Waals surface area contributed by atoms with Gasteiger partial charge in [0.05, 0.1) is 0 Å². The highest BCUT2D eigenvalue weighted by molar-refractivity contribution is 5.71. The van der Waals surface area contributed by atoms with Gasteiger partial charge in [0.1, 0.15) is 13.2 Å². The predicted octanol–water partition coefficient (Wildman–Crippen LogP) is 22.9. The van der Waals surface area contributed by atoms with Crippen molar-refractivity contribution < 1.29 is 28.6 Å². The summed E-state index contributed by atoms with van der Waals surface area (Å²) in [5, 5.41) is 0. The zero-order valence-electron chi connectivity index (χ0n) is 52.2. The Bertz CT molecular complexity index is 1810. The predicted molar refractivity (Wildman–Crippen MR) is 352 cm³/mol. The molecule has 81 heavy (non-hydrogen) atoms. The Morgan fingerprint density at radius 3 is 0.802 bits per heavy atom. The van der Waals surface area contributed by atoms with Crippen LogP contribution in [0.2, 0.25) is 0 Å². The molecule has 6 heteroatoms. The van der Waals surface area contributed by atoms with E-state index in [0.29, 0.717) is 19.3 Å². The summed E-state index contributed by atoms with van der Waals surface area (Å²) in [6.45, 7) is 6.32. The van der Waals surface area contributed by atoms with Gasteiger partial charge in [-0.25, -0.2) is 0 Å². The summed E-state index contributed by atoms with van der Waals surface area (Å²) in [5.41, 5.74) is 0. The second kappa shape index (κ2) is 67.5. The molecule has 0 aliphatic heterocycles. The van der Waals surface area contributed by atoms with Crippen LogP contribution in [0.25, 0.3) is 0 Å². The van der Waals surface area contributed by atoms with Gasteiger partial charge in [-0.05, 0) is 135 Å². The lowest BCUT2D eigenvalue weighted by Gasteiger charge is -2.18. The summed E-state index contributed by atoms with van der Waals surface area (Å²) in [6.07, 6.45) is 98.4. The van der Waals surface area contributed by atoms with Crippen molar-refractivity contribution in [1.29, 1.82) is 0 Å². The molecule has 0 spiro atoms. The third-order valence-electron chi connectivity index (χ3n) is 13.5. The molecule has 0 saturated heterocycles. The van der Waals surface area contributed by atoms with Crippen LogP contribution < -0.4 is 0 Å². The average molecular weight is 1120 g/mol. The molecule has 6 nitrogen and oxygen atoms in total. The molecular formula is C75H120O6. The minimum atomic E-state index is -0.839. The first-order valence-corrected chi connectivity index (χ1v) is 33.0. The van der Waals surface area contributed by atoms with E-state index in [0.717, 1.165) is 128 Å². The number of hydrogen-bond acceptors (Lipinski definition) is 6. The fourth-order valence-electron chi connectivity index (χ4n) is 8.64. The van der Waals surface area contributed by atoms with E-state index in [1.807, 2.05) is 12.2 Å². The van der Waals surface area contributed by atoms with Gasteiger partial charge in [-0.3, -0.25) is 14.4 Å². The first kappa shape index (κ1) is 76.0. The molecule has 0 aromatic carbocycles. The van der Waals surface area contributed by atoms with E-state index in [9.17, 15) is 14.4 Å². The number of carbonyl (C=O) groups is 3. The molecule has 0 heterocycles. The number of unbranched alkanes of at least 4 members (excludes halogenated alkanes) is 21. The van der Waals surface area contributed by atoms with Crippen LogP contribution in [0.1, 0.15) is 278 Å². The van der Waals surface area contributed by atoms with Crippen LogP contribution in [-0.2, 0) is 28.6 Å². The second-order valence-corrected chi connectivity index (χ2v) is 21.3. The van der Waals surface area contributed by atoms with Crippen molar-refractivity contribution in [1.82, 2.24) is 0 Å². The standard InChI is InChI=1S/C75H120O6/c1-4-7-10-13-16-19-22-25-28-31-33-34-35-36-37-38-39-40-42-44-47-50-53-56-59-62-65-68-74(77)80-71-72(70-79-73(76)67-64-61-58-55-52-49-46-43-30-27-24-21-18-15-12-9-6-3)81-75(78)69-66-63-60-57-54-51-48-45-41-32-29-26-23-20-17-14-11-8-5-2/h8-9,11-12,17-18,20-22,25-27,29-31,33,35-36,41,45-46,49,51,54,60,63,72H,4-7,10,13-16,19,23-24,28,32,34,37-40,42-44,47-48,50,52-53,55-59,61-62,64-71H2,1-3H3/b11-8-,12-9-,20-17-,21-18-,25-22-,29-26-,30-27-,33-31-,36-35-,45-41-,49-46-,54-51-,63-60-. The van der Waals surface area contributed by atoms with Crippen molar-refractivity contribution in [2.75, 3.05) is 13.2 Å². The molecule has 0 aliphatic rings. The van der Waals surface area contributed by atoms with E-state index < -0.39 is 12.1 Å². The first-order chi connectivity index (χ1) is 40.0. The van der Waals surface area contributed by atoms with Crippen LogP contribution in [0.15, 0.2) is 158 Å². The number of ether oxygens (including phenoxy) is 3. The molecule has 0 fully saturated rings. The Morgan fingerprint density at radius 1 is 0.259 bits per heavy atom. The van der Waals surface area contributed by atoms with Crippen molar-refractivity contribution in [3.63, 3.8) is 0 Å². The lowest BCUT2D eigenvalue weighted by atomic mass is 10.0. The molecule has 1 atom stereocenters. The van der Waals surface area contributed by atoms with Crippen LogP contribution in [-0.4, -0.2) is 37.2 Å². The average Bonchev–Trinajstić information content (AvgIpc) is 3.47. The lowest BCUT2D eigenvalue weighted by Crippen LogP contribution is -2.30. The summed E-state index contributed by atoms with van der Waals surface area (Å²) >= 11 is 0. The molecule has 0 rings (SSSR count). The van der Waals surface area contributed by atoms with Gasteiger partial charge < -0.3 is 14.2 Å². The van der Waals surface area contributed by atoms with Gasteiger partial charge in [-0.1, -0.05) is 281 Å². The van der Waals surface area contributed by atoms with Crippen molar-refractivity contribution >= 4 is 17.9 Å². The highest BCUT2D eigenvalue weighted by Crippen LogP contribution is 2.15. The smallest absolute Gasteiger partial charge is 0.306 e. The molecule has 1 unspecified atom stereocenters. The van der Waals surface area contributed by atoms with E-state index in [-0.39, 0.29) is 31.6 Å². The van der Waals surface area contributed by atoms with E-state index in [2.05, 4.69) is 167 Å². The Morgan fingerprint density at radius 2 is 0.506 bits per heavy atom. The number of hydrogen-bond donors (Lipinski definition) is 0. The molecular weight excluding hydrogens is 997 g/mol. The number of rotatable bonds is 58. The summed E-state index contributed by atoms with van der Waals surface area (Å²) in [6, 6.07) is 0. The summed E-state index contributed by atoms with van der Waals surface area (Å²) in [4.78, 5) is 38.3. The minimum Gasteiger partial charge on any atom is -0.462 e. The van der Waals surface area contributed by atoms with Crippen LogP contribution in [0.5, 0.6) is 0 Å². The molecule has 0 aliphatic carbocycles. The topological polar surface area (TPSA) is 78.9 Å². The maximum atomic E-state index is 12.9. The highest BCUT2D eigenvalue weighted by Gasteiger charge is 2.19. The van der Waals surface area contributed by atoms with Gasteiger partial charge in [-0.2, -0.15) is 0 Å². The third kappa shape index (κ3) is 65.7. The molecule has 0 bridgehead atoms. The first-order valence-electron chi connectivity index (χ1n) is 33.0. The molecule has 0 amide bonds. The van der Waals surface area contributed by atoms with E-state index in [4.69, 9.17) is 14.2 Å². The largest absolute Gasteiger partial charge is 0.462 e. The van der Waals surface area contributed by atoms with Crippen LogP contribution >= 0.6 is 0 Å². The molecule has 0 aromatic rings. The number of allylic oxidation sites excluding steroid dienone is 26. The summed E-state index contributed by atoms with van der Waals surface area (Å²) < 4.78 is 16.8. The lowest BCUT2D eigenvalue weighted by molar-refractivity contribution is -0.166. The summed E-state index contributed by atoms with van der Waals surface area (Å²) in [5.74, 6) is -1.04. The normalized spacial score (nSPS) is 13.2. The van der Waals surface area contributed by atoms with Gasteiger partial charge in [-0.15, -0.1) is 0 Å². The third-order valence-corrected chi connectivity index (χ3v) is 13.5. The van der Waals surface area contributed by atoms with Gasteiger partial charge in [0, 0.05) is 19.3 Å². The van der Waals surface area contributed by atoms with E-state index in [1.165, 1.54) is 103 Å². The Kier molecular flexibility index (Phi) is 63.4. The Balaban J connectivity index is 4.47. The van der Waals surface area contributed by atoms with Crippen LogP contribution in [0, 0.1) is 0 Å². The molecule has 0 aromatic heterocycles. The zero-order valence-corrected chi connectivity index (χ0v) is 52.2. The SMILES string of the molecule is CC/C=C\C/C=C\C/C=C\C/C=C\C/C=C\C/C=C\CCC(=O)OC(COC(=O)CCCCCC/C=C\C/C=C\C/C=C\C/C=C\CC)COC(=O)CCCCCCCCCCCCCC/C=C\C/C=C\C/C=C\CCCCCCC. The van der Waals surface area contributed by atoms with Crippen molar-refractivity contribution in [3.05, 3.63) is 158 Å². The maximum Gasteiger partial charge on any atom is 0.306 e. The fourth-order valence-corrected chi connectivity index (χ4v) is 8.64. The molecule has 456 valence electrons. The van der Waals surface area contributed by atoms with Crippen LogP contribution in [0.3, 0.4) is 0 Å². The van der Waals surface area contributed by atoms with Crippen molar-refractivity contribution in [3.8, 4) is 0 Å². The van der Waals surface area contributed by atoms with Gasteiger partial charge >= 0.3 is 17.9 Å². The van der Waals surface area contributed by atoms with E-state index in [1.54, 1.807) is 0 Å². The highest BCUT2D eigenvalue weighted by atomic mass is 16.6. The van der Waals surface area contributed by atoms with Gasteiger partial charge in [0.25, 0.3) is 0 Å². The zero-order chi connectivity index (χ0) is 58.5. The van der Waals surface area contributed by atoms with Crippen LogP contribution in [0.4, 0.5) is 0 Å². The second-order valence-electron chi connectivity index (χ2n) is 21.3. The fraction of sp³-hybridized carbons (Fsp3) is 0.613.